The number of anilines is 1. The van der Waals surface area contributed by atoms with E-state index in [1.165, 1.54) is 12.3 Å². The Morgan fingerprint density at radius 2 is 2.06 bits per heavy atom. The minimum absolute atomic E-state index is 0.298. The third-order valence-electron chi connectivity index (χ3n) is 2.86. The van der Waals surface area contributed by atoms with Crippen LogP contribution in [0, 0.1) is 5.82 Å². The summed E-state index contributed by atoms with van der Waals surface area (Å²) in [7, 11) is 2.10. The molecule has 3 nitrogen and oxygen atoms in total. The summed E-state index contributed by atoms with van der Waals surface area (Å²) in [6.07, 6.45) is 1.25. The molecule has 0 aliphatic carbocycles. The molecule has 1 fully saturated rings. The zero-order chi connectivity index (χ0) is 11.5. The normalized spacial score (nSPS) is 17.8. The second-order valence-corrected chi connectivity index (χ2v) is 4.33. The summed E-state index contributed by atoms with van der Waals surface area (Å²) in [4.78, 5) is 8.57. The average Bonchev–Trinajstić information content (AvgIpc) is 2.30. The van der Waals surface area contributed by atoms with Crippen molar-refractivity contribution in [2.45, 2.75) is 5.88 Å². The minimum atomic E-state index is -0.325. The molecule has 88 valence electrons. The maximum Gasteiger partial charge on any atom is 0.141 e. The van der Waals surface area contributed by atoms with Crippen molar-refractivity contribution in [1.29, 1.82) is 0 Å². The smallest absolute Gasteiger partial charge is 0.141 e. The van der Waals surface area contributed by atoms with Crippen LogP contribution in [0.4, 0.5) is 10.2 Å². The van der Waals surface area contributed by atoms with E-state index < -0.39 is 0 Å². The van der Waals surface area contributed by atoms with Gasteiger partial charge in [0, 0.05) is 31.7 Å². The third-order valence-corrected chi connectivity index (χ3v) is 3.14. The molecule has 0 radical (unpaired) electrons. The van der Waals surface area contributed by atoms with E-state index in [1.54, 1.807) is 0 Å². The molecule has 0 aromatic carbocycles. The number of nitrogens with zero attached hydrogens (tertiary/aromatic N) is 3. The minimum Gasteiger partial charge on any atom is -0.354 e. The van der Waals surface area contributed by atoms with Gasteiger partial charge in [0.2, 0.25) is 0 Å². The Hall–Kier alpha value is -0.870. The molecular weight excluding hydrogens is 229 g/mol. The summed E-state index contributed by atoms with van der Waals surface area (Å²) in [5, 5.41) is 0. The van der Waals surface area contributed by atoms with Gasteiger partial charge in [-0.3, -0.25) is 0 Å². The lowest BCUT2D eigenvalue weighted by atomic mass is 10.2. The van der Waals surface area contributed by atoms with Gasteiger partial charge < -0.3 is 9.80 Å². The van der Waals surface area contributed by atoms with E-state index in [9.17, 15) is 4.39 Å². The van der Waals surface area contributed by atoms with Crippen molar-refractivity contribution < 1.29 is 4.39 Å². The quantitative estimate of drug-likeness (QED) is 0.738. The first-order chi connectivity index (χ1) is 7.70. The molecule has 0 unspecified atom stereocenters. The van der Waals surface area contributed by atoms with Crippen molar-refractivity contribution in [1.82, 2.24) is 9.88 Å². The molecule has 1 saturated heterocycles. The van der Waals surface area contributed by atoms with Gasteiger partial charge in [-0.1, -0.05) is 0 Å². The van der Waals surface area contributed by atoms with Crippen molar-refractivity contribution in [2.75, 3.05) is 38.1 Å². The largest absolute Gasteiger partial charge is 0.354 e. The van der Waals surface area contributed by atoms with Crippen LogP contribution in [0.2, 0.25) is 0 Å². The average molecular weight is 244 g/mol. The van der Waals surface area contributed by atoms with Crippen molar-refractivity contribution in [3.63, 3.8) is 0 Å². The second-order valence-electron chi connectivity index (χ2n) is 4.06. The first kappa shape index (κ1) is 11.6. The maximum absolute atomic E-state index is 13.0. The van der Waals surface area contributed by atoms with E-state index in [2.05, 4.69) is 21.8 Å². The molecule has 1 aromatic rings. The maximum atomic E-state index is 13.0. The lowest BCUT2D eigenvalue weighted by Crippen LogP contribution is -2.45. The van der Waals surface area contributed by atoms with Crippen LogP contribution in [0.1, 0.15) is 5.56 Å². The van der Waals surface area contributed by atoms with E-state index in [0.29, 0.717) is 5.88 Å². The molecule has 0 spiro atoms. The molecule has 5 heteroatoms. The number of aromatic nitrogens is 1. The number of likely N-dealkylation sites (N-methyl/N-ethyl adjacent to an activating group) is 1. The second kappa shape index (κ2) is 4.97. The molecule has 1 aromatic heterocycles. The van der Waals surface area contributed by atoms with Crippen LogP contribution in [0.5, 0.6) is 0 Å². The predicted octanol–water partition coefficient (Wildman–Crippen LogP) is 1.71. The zero-order valence-electron chi connectivity index (χ0n) is 9.29. The van der Waals surface area contributed by atoms with Gasteiger partial charge in [0.1, 0.15) is 11.6 Å². The van der Waals surface area contributed by atoms with Crippen LogP contribution in [-0.2, 0) is 5.88 Å². The third kappa shape index (κ3) is 2.44. The van der Waals surface area contributed by atoms with E-state index in [1.807, 2.05) is 0 Å². The fourth-order valence-electron chi connectivity index (χ4n) is 1.88. The summed E-state index contributed by atoms with van der Waals surface area (Å²) in [5.74, 6) is 0.796. The summed E-state index contributed by atoms with van der Waals surface area (Å²) < 4.78 is 13.0. The topological polar surface area (TPSA) is 19.4 Å². The standard InChI is InChI=1S/C11H15ClFN3/c1-15-2-4-16(5-3-15)11-9(7-12)6-10(13)8-14-11/h6,8H,2-5,7H2,1H3. The monoisotopic (exact) mass is 243 g/mol. The Morgan fingerprint density at radius 3 is 2.69 bits per heavy atom. The number of hydrogen-bond donors (Lipinski definition) is 0. The van der Waals surface area contributed by atoms with Crippen LogP contribution in [0.3, 0.4) is 0 Å². The van der Waals surface area contributed by atoms with Gasteiger partial charge in [-0.15, -0.1) is 11.6 Å². The molecule has 0 bridgehead atoms. The molecule has 0 N–H and O–H groups in total. The molecule has 1 aliphatic heterocycles. The molecule has 2 rings (SSSR count). The Morgan fingerprint density at radius 1 is 1.38 bits per heavy atom. The molecule has 0 saturated carbocycles. The molecule has 1 aliphatic rings. The van der Waals surface area contributed by atoms with Crippen LogP contribution in [0.25, 0.3) is 0 Å². The number of pyridine rings is 1. The molecule has 0 amide bonds. The van der Waals surface area contributed by atoms with Gasteiger partial charge in [0.05, 0.1) is 12.1 Å². The van der Waals surface area contributed by atoms with Gasteiger partial charge in [-0.25, -0.2) is 9.37 Å². The molecule has 16 heavy (non-hydrogen) atoms. The van der Waals surface area contributed by atoms with E-state index in [-0.39, 0.29) is 5.82 Å². The van der Waals surface area contributed by atoms with E-state index >= 15 is 0 Å². The van der Waals surface area contributed by atoms with E-state index in [4.69, 9.17) is 11.6 Å². The SMILES string of the molecule is CN1CCN(c2ncc(F)cc2CCl)CC1. The number of alkyl halides is 1. The molecular formula is C11H15ClFN3. The fourth-order valence-corrected chi connectivity index (χ4v) is 2.07. The van der Waals surface area contributed by atoms with Crippen LogP contribution in [0.15, 0.2) is 12.3 Å². The lowest BCUT2D eigenvalue weighted by Gasteiger charge is -2.34. The Balaban J connectivity index is 2.19. The Bertz CT molecular complexity index is 364. The molecule has 2 heterocycles. The first-order valence-electron chi connectivity index (χ1n) is 5.34. The summed E-state index contributed by atoms with van der Waals surface area (Å²) in [5.41, 5.74) is 0.770. The number of halogens is 2. The van der Waals surface area contributed by atoms with Crippen LogP contribution in [-0.4, -0.2) is 43.1 Å². The highest BCUT2D eigenvalue weighted by atomic mass is 35.5. The summed E-state index contributed by atoms with van der Waals surface area (Å²) >= 11 is 5.81. The van der Waals surface area contributed by atoms with Crippen LogP contribution >= 0.6 is 11.6 Å². The van der Waals surface area contributed by atoms with Gasteiger partial charge in [-0.2, -0.15) is 0 Å². The Labute approximate surface area is 99.8 Å². The van der Waals surface area contributed by atoms with Crippen molar-refractivity contribution in [3.8, 4) is 0 Å². The van der Waals surface area contributed by atoms with E-state index in [0.717, 1.165) is 37.6 Å². The van der Waals surface area contributed by atoms with Gasteiger partial charge in [-0.05, 0) is 13.1 Å². The van der Waals surface area contributed by atoms with Gasteiger partial charge in [0.15, 0.2) is 0 Å². The van der Waals surface area contributed by atoms with Gasteiger partial charge >= 0.3 is 0 Å². The highest BCUT2D eigenvalue weighted by molar-refractivity contribution is 6.17. The number of rotatable bonds is 2. The lowest BCUT2D eigenvalue weighted by molar-refractivity contribution is 0.312. The summed E-state index contributed by atoms with van der Waals surface area (Å²) in [6, 6.07) is 1.47. The number of piperazine rings is 1. The zero-order valence-corrected chi connectivity index (χ0v) is 10.0. The summed E-state index contributed by atoms with van der Waals surface area (Å²) in [6.45, 7) is 3.83. The van der Waals surface area contributed by atoms with Crippen molar-refractivity contribution in [3.05, 3.63) is 23.6 Å². The van der Waals surface area contributed by atoms with Crippen molar-refractivity contribution in [2.24, 2.45) is 0 Å². The van der Waals surface area contributed by atoms with Crippen molar-refractivity contribution >= 4 is 17.4 Å². The highest BCUT2D eigenvalue weighted by Crippen LogP contribution is 2.21. The number of hydrogen-bond acceptors (Lipinski definition) is 3. The highest BCUT2D eigenvalue weighted by Gasteiger charge is 2.18. The fraction of sp³-hybridized carbons (Fsp3) is 0.545. The molecule has 0 atom stereocenters. The Kier molecular flexibility index (Phi) is 3.61. The first-order valence-corrected chi connectivity index (χ1v) is 5.88. The van der Waals surface area contributed by atoms with Gasteiger partial charge in [0.25, 0.3) is 0 Å². The predicted molar refractivity (Wildman–Crippen MR) is 63.5 cm³/mol. The van der Waals surface area contributed by atoms with Crippen LogP contribution < -0.4 is 4.90 Å².